The maximum atomic E-state index is 13.5. The second-order valence-electron chi connectivity index (χ2n) is 4.07. The number of hydrogen-bond acceptors (Lipinski definition) is 2. The lowest BCUT2D eigenvalue weighted by atomic mass is 9.97. The molecule has 0 aliphatic rings. The van der Waals surface area contributed by atoms with Crippen LogP contribution < -0.4 is 4.74 Å². The molecule has 2 aromatic rings. The molecule has 0 atom stereocenters. The Morgan fingerprint density at radius 2 is 2.00 bits per heavy atom. The number of pyridine rings is 1. The summed E-state index contributed by atoms with van der Waals surface area (Å²) in [5.41, 5.74) is 0.982. The zero-order valence-electron chi connectivity index (χ0n) is 9.62. The van der Waals surface area contributed by atoms with E-state index in [4.69, 9.17) is 4.74 Å². The van der Waals surface area contributed by atoms with Crippen LogP contribution in [-0.4, -0.2) is 12.1 Å². The molecule has 0 unspecified atom stereocenters. The Kier molecular flexibility index (Phi) is 2.77. The minimum absolute atomic E-state index is 0.248. The number of benzene rings is 1. The average molecular weight is 219 g/mol. The van der Waals surface area contributed by atoms with Crippen molar-refractivity contribution in [1.29, 1.82) is 0 Å². The van der Waals surface area contributed by atoms with Gasteiger partial charge in [0.25, 0.3) is 0 Å². The number of ether oxygens (including phenoxy) is 1. The first kappa shape index (κ1) is 10.9. The van der Waals surface area contributed by atoms with Crippen molar-refractivity contribution in [3.8, 4) is 5.88 Å². The van der Waals surface area contributed by atoms with Crippen LogP contribution in [0.3, 0.4) is 0 Å². The smallest absolute Gasteiger partial charge is 0.221 e. The first-order valence-electron chi connectivity index (χ1n) is 5.25. The molecule has 0 aliphatic heterocycles. The molecule has 3 heteroatoms. The lowest BCUT2D eigenvalue weighted by molar-refractivity contribution is 0.403. The molecule has 16 heavy (non-hydrogen) atoms. The summed E-state index contributed by atoms with van der Waals surface area (Å²) < 4.78 is 18.6. The molecule has 0 radical (unpaired) electrons. The summed E-state index contributed by atoms with van der Waals surface area (Å²) in [6.07, 6.45) is 1.69. The second kappa shape index (κ2) is 4.08. The minimum Gasteiger partial charge on any atom is -0.481 e. The van der Waals surface area contributed by atoms with Crippen LogP contribution in [0.4, 0.5) is 4.39 Å². The van der Waals surface area contributed by atoms with E-state index in [1.165, 1.54) is 6.07 Å². The van der Waals surface area contributed by atoms with Gasteiger partial charge in [0.05, 0.1) is 7.11 Å². The van der Waals surface area contributed by atoms with Crippen molar-refractivity contribution < 1.29 is 9.13 Å². The highest BCUT2D eigenvalue weighted by molar-refractivity contribution is 5.90. The van der Waals surface area contributed by atoms with E-state index in [9.17, 15) is 4.39 Å². The van der Waals surface area contributed by atoms with Gasteiger partial charge >= 0.3 is 0 Å². The molecule has 84 valence electrons. The van der Waals surface area contributed by atoms with Crippen LogP contribution in [0.25, 0.3) is 10.8 Å². The maximum Gasteiger partial charge on any atom is 0.221 e. The molecule has 2 rings (SSSR count). The topological polar surface area (TPSA) is 22.1 Å². The third kappa shape index (κ3) is 1.73. The van der Waals surface area contributed by atoms with Crippen molar-refractivity contribution in [1.82, 2.24) is 4.98 Å². The molecule has 0 aliphatic carbocycles. The molecule has 0 fully saturated rings. The predicted octanol–water partition coefficient (Wildman–Crippen LogP) is 3.51. The summed E-state index contributed by atoms with van der Waals surface area (Å²) in [4.78, 5) is 4.08. The Labute approximate surface area is 94.1 Å². The lowest BCUT2D eigenvalue weighted by Gasteiger charge is -2.11. The van der Waals surface area contributed by atoms with E-state index in [-0.39, 0.29) is 11.7 Å². The Morgan fingerprint density at radius 1 is 1.25 bits per heavy atom. The fourth-order valence-electron chi connectivity index (χ4n) is 1.89. The van der Waals surface area contributed by atoms with Gasteiger partial charge in [0.2, 0.25) is 5.88 Å². The Balaban J connectivity index is 2.83. The molecule has 1 aromatic heterocycles. The van der Waals surface area contributed by atoms with Gasteiger partial charge in [0.15, 0.2) is 0 Å². The van der Waals surface area contributed by atoms with Crippen molar-refractivity contribution in [2.45, 2.75) is 19.8 Å². The van der Waals surface area contributed by atoms with E-state index in [1.807, 2.05) is 19.9 Å². The molecule has 0 N–H and O–H groups in total. The van der Waals surface area contributed by atoms with Gasteiger partial charge in [-0.05, 0) is 35.1 Å². The molecule has 0 saturated carbocycles. The number of rotatable bonds is 2. The van der Waals surface area contributed by atoms with E-state index >= 15 is 0 Å². The quantitative estimate of drug-likeness (QED) is 0.771. The molecule has 0 bridgehead atoms. The van der Waals surface area contributed by atoms with Gasteiger partial charge in [-0.25, -0.2) is 9.37 Å². The van der Waals surface area contributed by atoms with Crippen LogP contribution in [0.15, 0.2) is 24.4 Å². The molecule has 0 saturated heterocycles. The predicted molar refractivity (Wildman–Crippen MR) is 62.3 cm³/mol. The van der Waals surface area contributed by atoms with Gasteiger partial charge in [-0.2, -0.15) is 0 Å². The highest BCUT2D eigenvalue weighted by atomic mass is 19.1. The first-order chi connectivity index (χ1) is 7.63. The highest BCUT2D eigenvalue weighted by Gasteiger charge is 2.11. The van der Waals surface area contributed by atoms with Crippen LogP contribution in [0.1, 0.15) is 25.3 Å². The number of hydrogen-bond donors (Lipinski definition) is 0. The van der Waals surface area contributed by atoms with Crippen LogP contribution in [0.5, 0.6) is 5.88 Å². The summed E-state index contributed by atoms with van der Waals surface area (Å²) >= 11 is 0. The van der Waals surface area contributed by atoms with Crippen LogP contribution in [0.2, 0.25) is 0 Å². The second-order valence-corrected chi connectivity index (χ2v) is 4.07. The van der Waals surface area contributed by atoms with E-state index < -0.39 is 0 Å². The third-order valence-electron chi connectivity index (χ3n) is 2.66. The molecular weight excluding hydrogens is 205 g/mol. The van der Waals surface area contributed by atoms with Crippen molar-refractivity contribution >= 4 is 10.8 Å². The molecule has 1 heterocycles. The summed E-state index contributed by atoms with van der Waals surface area (Å²) in [7, 11) is 1.54. The molecular formula is C13H14FNO. The van der Waals surface area contributed by atoms with E-state index in [1.54, 1.807) is 19.4 Å². The highest BCUT2D eigenvalue weighted by Crippen LogP contribution is 2.30. The van der Waals surface area contributed by atoms with E-state index in [2.05, 4.69) is 4.98 Å². The van der Waals surface area contributed by atoms with Gasteiger partial charge in [0.1, 0.15) is 5.82 Å². The Hall–Kier alpha value is -1.64. The SMILES string of the molecule is COc1nccc2c(C(C)C)cc(F)cc12. The van der Waals surface area contributed by atoms with Crippen LogP contribution >= 0.6 is 0 Å². The fraction of sp³-hybridized carbons (Fsp3) is 0.308. The monoisotopic (exact) mass is 219 g/mol. The number of nitrogens with zero attached hydrogens (tertiary/aromatic N) is 1. The number of fused-ring (bicyclic) bond motifs is 1. The van der Waals surface area contributed by atoms with Crippen molar-refractivity contribution in [3.63, 3.8) is 0 Å². The molecule has 0 amide bonds. The standard InChI is InChI=1S/C13H14FNO/c1-8(2)11-6-9(14)7-12-10(11)4-5-15-13(12)16-3/h4-8H,1-3H3. The minimum atomic E-state index is -0.248. The van der Waals surface area contributed by atoms with Gasteiger partial charge in [-0.3, -0.25) is 0 Å². The van der Waals surface area contributed by atoms with E-state index in [0.29, 0.717) is 5.88 Å². The van der Waals surface area contributed by atoms with Crippen LogP contribution in [-0.2, 0) is 0 Å². The molecule has 0 spiro atoms. The van der Waals surface area contributed by atoms with Gasteiger partial charge in [0, 0.05) is 11.6 Å². The fourth-order valence-corrected chi connectivity index (χ4v) is 1.89. The first-order valence-corrected chi connectivity index (χ1v) is 5.25. The summed E-state index contributed by atoms with van der Waals surface area (Å²) in [6.45, 7) is 4.09. The van der Waals surface area contributed by atoms with Crippen molar-refractivity contribution in [3.05, 3.63) is 35.8 Å². The maximum absolute atomic E-state index is 13.5. The van der Waals surface area contributed by atoms with Gasteiger partial charge in [-0.15, -0.1) is 0 Å². The Morgan fingerprint density at radius 3 is 2.62 bits per heavy atom. The van der Waals surface area contributed by atoms with Gasteiger partial charge < -0.3 is 4.74 Å². The normalized spacial score (nSPS) is 11.1. The lowest BCUT2D eigenvalue weighted by Crippen LogP contribution is -1.95. The van der Waals surface area contributed by atoms with Crippen LogP contribution in [0, 0.1) is 5.82 Å². The summed E-state index contributed by atoms with van der Waals surface area (Å²) in [5.74, 6) is 0.492. The Bertz CT molecular complexity index is 523. The zero-order valence-corrected chi connectivity index (χ0v) is 9.62. The number of aromatic nitrogens is 1. The number of halogens is 1. The molecule has 2 nitrogen and oxygen atoms in total. The third-order valence-corrected chi connectivity index (χ3v) is 2.66. The van der Waals surface area contributed by atoms with Crippen molar-refractivity contribution in [2.75, 3.05) is 7.11 Å². The molecule has 1 aromatic carbocycles. The summed E-state index contributed by atoms with van der Waals surface area (Å²) in [5, 5.41) is 1.73. The summed E-state index contributed by atoms with van der Waals surface area (Å²) in [6, 6.07) is 4.94. The zero-order chi connectivity index (χ0) is 11.7. The number of methoxy groups -OCH3 is 1. The van der Waals surface area contributed by atoms with E-state index in [0.717, 1.165) is 16.3 Å². The largest absolute Gasteiger partial charge is 0.481 e. The average Bonchev–Trinajstić information content (AvgIpc) is 2.27. The van der Waals surface area contributed by atoms with Crippen molar-refractivity contribution in [2.24, 2.45) is 0 Å². The van der Waals surface area contributed by atoms with Gasteiger partial charge in [-0.1, -0.05) is 13.8 Å².